The number of rotatable bonds is 7. The quantitative estimate of drug-likeness (QED) is 0.221. The molecule has 0 bridgehead atoms. The van der Waals surface area contributed by atoms with Crippen LogP contribution in [0.25, 0.3) is 0 Å². The fourth-order valence-corrected chi connectivity index (χ4v) is 3.88. The van der Waals surface area contributed by atoms with E-state index in [4.69, 9.17) is 23.7 Å². The second-order valence-corrected chi connectivity index (χ2v) is 8.68. The van der Waals surface area contributed by atoms with E-state index < -0.39 is 54.1 Å². The Morgan fingerprint density at radius 2 is 1.72 bits per heavy atom. The number of esters is 5. The van der Waals surface area contributed by atoms with Crippen LogP contribution in [0.4, 0.5) is 0 Å². The Labute approximate surface area is 209 Å². The van der Waals surface area contributed by atoms with E-state index in [0.717, 1.165) is 5.57 Å². The first-order valence-electron chi connectivity index (χ1n) is 11.5. The van der Waals surface area contributed by atoms with Crippen LogP contribution in [0.5, 0.6) is 0 Å². The van der Waals surface area contributed by atoms with Gasteiger partial charge in [-0.05, 0) is 31.6 Å². The van der Waals surface area contributed by atoms with Crippen molar-refractivity contribution >= 4 is 29.8 Å². The van der Waals surface area contributed by atoms with Gasteiger partial charge in [0.25, 0.3) is 0 Å². The van der Waals surface area contributed by atoms with Crippen LogP contribution in [0.1, 0.15) is 47.5 Å². The molecule has 1 saturated heterocycles. The standard InChI is InChI=1S/C26H32O10/c1-14-7-8-21(34-19(6)29)15(2)12-23-24(16(3)25(30)35-23)22(11-14)36-26(31)20(13-33-18(5)28)9-10-32-17(4)27/h7,9,12,21-24H,3,8,10-11,13H2,1-2,4-6H3/b14-7+,15-12-,20-9+/t21?,22?,23-,24?/m1/s1. The first kappa shape index (κ1) is 28.5. The Balaban J connectivity index is 2.38. The normalized spacial score (nSPS) is 27.3. The van der Waals surface area contributed by atoms with Gasteiger partial charge in [0.05, 0.1) is 11.5 Å². The smallest absolute Gasteiger partial charge is 0.337 e. The third-order valence-corrected chi connectivity index (χ3v) is 5.68. The molecule has 0 aromatic carbocycles. The minimum Gasteiger partial charge on any atom is -0.462 e. The molecule has 1 heterocycles. The SMILES string of the molecule is C=C1C(=O)O[C@@H]2/C=C(/C)C(OC(C)=O)C/C=C(\C)CC(OC(=O)/C(=C/COC(C)=O)COC(C)=O)C12. The zero-order chi connectivity index (χ0) is 27.0. The molecular formula is C26H32O10. The molecule has 1 aliphatic carbocycles. The Hall–Kier alpha value is -3.69. The molecule has 0 saturated carbocycles. The van der Waals surface area contributed by atoms with Crippen LogP contribution in [-0.2, 0) is 47.7 Å². The van der Waals surface area contributed by atoms with Crippen LogP contribution < -0.4 is 0 Å². The lowest BCUT2D eigenvalue weighted by atomic mass is 9.85. The highest BCUT2D eigenvalue weighted by molar-refractivity contribution is 5.92. The van der Waals surface area contributed by atoms with Gasteiger partial charge in [-0.3, -0.25) is 14.4 Å². The van der Waals surface area contributed by atoms with E-state index >= 15 is 0 Å². The van der Waals surface area contributed by atoms with E-state index in [0.29, 0.717) is 12.0 Å². The third kappa shape index (κ3) is 8.21. The molecule has 2 rings (SSSR count). The summed E-state index contributed by atoms with van der Waals surface area (Å²) in [4.78, 5) is 59.5. The predicted molar refractivity (Wildman–Crippen MR) is 126 cm³/mol. The van der Waals surface area contributed by atoms with E-state index in [9.17, 15) is 24.0 Å². The zero-order valence-corrected chi connectivity index (χ0v) is 21.2. The molecule has 0 spiro atoms. The summed E-state index contributed by atoms with van der Waals surface area (Å²) in [6, 6.07) is 0. The lowest BCUT2D eigenvalue weighted by Crippen LogP contribution is -2.35. The summed E-state index contributed by atoms with van der Waals surface area (Å²) in [5.74, 6) is -3.72. The number of carbonyl (C=O) groups excluding carboxylic acids is 5. The summed E-state index contributed by atoms with van der Waals surface area (Å²) >= 11 is 0. The Kier molecular flexibility index (Phi) is 10.2. The first-order chi connectivity index (χ1) is 16.9. The number of carbonyl (C=O) groups is 5. The maximum Gasteiger partial charge on any atom is 0.337 e. The minimum absolute atomic E-state index is 0.0285. The Morgan fingerprint density at radius 1 is 1.06 bits per heavy atom. The zero-order valence-electron chi connectivity index (χ0n) is 21.2. The van der Waals surface area contributed by atoms with Crippen molar-refractivity contribution in [1.29, 1.82) is 0 Å². The van der Waals surface area contributed by atoms with Crippen molar-refractivity contribution < 1.29 is 47.7 Å². The highest BCUT2D eigenvalue weighted by Crippen LogP contribution is 2.36. The van der Waals surface area contributed by atoms with Crippen LogP contribution in [0.15, 0.2) is 47.1 Å². The van der Waals surface area contributed by atoms with E-state index in [1.165, 1.54) is 26.8 Å². The lowest BCUT2D eigenvalue weighted by molar-refractivity contribution is -0.150. The van der Waals surface area contributed by atoms with Gasteiger partial charge >= 0.3 is 29.8 Å². The van der Waals surface area contributed by atoms with Crippen LogP contribution in [-0.4, -0.2) is 61.4 Å². The molecule has 3 unspecified atom stereocenters. The molecule has 10 nitrogen and oxygen atoms in total. The average molecular weight is 505 g/mol. The number of ether oxygens (including phenoxy) is 5. The van der Waals surface area contributed by atoms with E-state index in [-0.39, 0.29) is 30.8 Å². The maximum absolute atomic E-state index is 13.1. The lowest BCUT2D eigenvalue weighted by Gasteiger charge is -2.28. The first-order valence-corrected chi connectivity index (χ1v) is 11.5. The monoisotopic (exact) mass is 504 g/mol. The van der Waals surface area contributed by atoms with Gasteiger partial charge in [-0.1, -0.05) is 18.2 Å². The van der Waals surface area contributed by atoms with E-state index in [1.54, 1.807) is 13.0 Å². The van der Waals surface area contributed by atoms with Gasteiger partial charge < -0.3 is 23.7 Å². The molecule has 0 radical (unpaired) electrons. The number of hydrogen-bond acceptors (Lipinski definition) is 10. The Morgan fingerprint density at radius 3 is 2.33 bits per heavy atom. The molecule has 0 N–H and O–H groups in total. The summed E-state index contributed by atoms with van der Waals surface area (Å²) in [5.41, 5.74) is 1.62. The molecule has 2 aliphatic rings. The topological polar surface area (TPSA) is 132 Å². The third-order valence-electron chi connectivity index (χ3n) is 5.68. The molecule has 1 aliphatic heterocycles. The van der Waals surface area contributed by atoms with E-state index in [2.05, 4.69) is 6.58 Å². The molecule has 10 heteroatoms. The fourth-order valence-electron chi connectivity index (χ4n) is 3.88. The largest absolute Gasteiger partial charge is 0.462 e. The van der Waals surface area contributed by atoms with Gasteiger partial charge in [0.1, 0.15) is 31.5 Å². The summed E-state index contributed by atoms with van der Waals surface area (Å²) in [5, 5.41) is 0. The highest BCUT2D eigenvalue weighted by atomic mass is 16.6. The van der Waals surface area contributed by atoms with Gasteiger partial charge in [-0.15, -0.1) is 0 Å². The van der Waals surface area contributed by atoms with Crippen molar-refractivity contribution in [3.8, 4) is 0 Å². The van der Waals surface area contributed by atoms with Crippen molar-refractivity contribution in [2.24, 2.45) is 5.92 Å². The molecule has 0 aromatic heterocycles. The fraction of sp³-hybridized carbons (Fsp3) is 0.500. The second-order valence-electron chi connectivity index (χ2n) is 8.68. The van der Waals surface area contributed by atoms with Crippen molar-refractivity contribution in [3.05, 3.63) is 47.1 Å². The molecule has 36 heavy (non-hydrogen) atoms. The van der Waals surface area contributed by atoms with Crippen LogP contribution in [0, 0.1) is 5.92 Å². The molecule has 0 amide bonds. The van der Waals surface area contributed by atoms with Gasteiger partial charge in [-0.25, -0.2) is 9.59 Å². The predicted octanol–water partition coefficient (Wildman–Crippen LogP) is 2.67. The molecule has 196 valence electrons. The summed E-state index contributed by atoms with van der Waals surface area (Å²) in [6.45, 7) is 10.6. The highest BCUT2D eigenvalue weighted by Gasteiger charge is 2.45. The summed E-state index contributed by atoms with van der Waals surface area (Å²) < 4.78 is 26.6. The molecule has 4 atom stereocenters. The van der Waals surface area contributed by atoms with Crippen molar-refractivity contribution in [1.82, 2.24) is 0 Å². The summed E-state index contributed by atoms with van der Waals surface area (Å²) in [6.07, 6.45) is 3.31. The van der Waals surface area contributed by atoms with Gasteiger partial charge in [0.15, 0.2) is 0 Å². The van der Waals surface area contributed by atoms with Gasteiger partial charge in [-0.2, -0.15) is 0 Å². The molecule has 1 fully saturated rings. The Bertz CT molecular complexity index is 1020. The van der Waals surface area contributed by atoms with Crippen molar-refractivity contribution in [2.45, 2.75) is 65.8 Å². The second kappa shape index (κ2) is 12.9. The summed E-state index contributed by atoms with van der Waals surface area (Å²) in [7, 11) is 0. The van der Waals surface area contributed by atoms with Crippen molar-refractivity contribution in [3.63, 3.8) is 0 Å². The molecule has 0 aromatic rings. The van der Waals surface area contributed by atoms with Crippen LogP contribution in [0.2, 0.25) is 0 Å². The number of hydrogen-bond donors (Lipinski definition) is 0. The maximum atomic E-state index is 13.1. The van der Waals surface area contributed by atoms with Gasteiger partial charge in [0, 0.05) is 39.2 Å². The van der Waals surface area contributed by atoms with Crippen molar-refractivity contribution in [2.75, 3.05) is 13.2 Å². The van der Waals surface area contributed by atoms with Crippen LogP contribution in [0.3, 0.4) is 0 Å². The van der Waals surface area contributed by atoms with Crippen LogP contribution >= 0.6 is 0 Å². The van der Waals surface area contributed by atoms with Gasteiger partial charge in [0.2, 0.25) is 0 Å². The minimum atomic E-state index is -0.846. The molecular weight excluding hydrogens is 472 g/mol. The number of fused-ring (bicyclic) bond motifs is 1. The van der Waals surface area contributed by atoms with E-state index in [1.807, 2.05) is 13.0 Å². The average Bonchev–Trinajstić information content (AvgIpc) is 3.04.